The van der Waals surface area contributed by atoms with Crippen LogP contribution in [0.3, 0.4) is 0 Å². The number of halogens is 1. The lowest BCUT2D eigenvalue weighted by atomic mass is 9.94. The molecule has 0 bridgehead atoms. The predicted molar refractivity (Wildman–Crippen MR) is 118 cm³/mol. The van der Waals surface area contributed by atoms with Crippen LogP contribution in [0, 0.1) is 11.8 Å². The van der Waals surface area contributed by atoms with E-state index in [0.29, 0.717) is 23.4 Å². The van der Waals surface area contributed by atoms with Crippen molar-refractivity contribution in [1.82, 2.24) is 19.3 Å². The van der Waals surface area contributed by atoms with Gasteiger partial charge in [-0.3, -0.25) is 9.78 Å². The Balaban J connectivity index is 1.54. The molecule has 0 N–H and O–H groups in total. The molecule has 0 atom stereocenters. The monoisotopic (exact) mass is 426 g/mol. The number of aromatic nitrogens is 4. The van der Waals surface area contributed by atoms with Gasteiger partial charge in [-0.25, -0.2) is 4.68 Å². The van der Waals surface area contributed by atoms with Gasteiger partial charge in [-0.05, 0) is 49.3 Å². The molecule has 6 nitrogen and oxygen atoms in total. The largest absolute Gasteiger partial charge is 0.381 e. The van der Waals surface area contributed by atoms with Crippen molar-refractivity contribution in [2.75, 3.05) is 13.2 Å². The molecule has 158 valence electrons. The van der Waals surface area contributed by atoms with Crippen molar-refractivity contribution < 1.29 is 4.74 Å². The zero-order valence-corrected chi connectivity index (χ0v) is 18.2. The van der Waals surface area contributed by atoms with Gasteiger partial charge in [-0.15, -0.1) is 0 Å². The standard InChI is InChI=1S/C23H27ClN4O2/c1-16(2)14-27-15-19(3-4-23(27)29)28-8-5-22(26-28)20-13-25-18(12-21(20)24)11-17-6-9-30-10-7-17/h3-5,8,12-13,15-17H,6-7,9-11,14H2,1-2H3. The van der Waals surface area contributed by atoms with Crippen LogP contribution in [0.4, 0.5) is 0 Å². The number of hydrogen-bond acceptors (Lipinski definition) is 4. The van der Waals surface area contributed by atoms with E-state index < -0.39 is 0 Å². The molecule has 3 aromatic heterocycles. The second kappa shape index (κ2) is 9.14. The minimum atomic E-state index is -0.00723. The maximum Gasteiger partial charge on any atom is 0.250 e. The van der Waals surface area contributed by atoms with Crippen molar-refractivity contribution in [2.45, 2.75) is 39.7 Å². The van der Waals surface area contributed by atoms with Crippen LogP contribution in [0.5, 0.6) is 0 Å². The summed E-state index contributed by atoms with van der Waals surface area (Å²) in [6, 6.07) is 7.23. The molecule has 30 heavy (non-hydrogen) atoms. The Bertz CT molecular complexity index is 1070. The fraction of sp³-hybridized carbons (Fsp3) is 0.435. The van der Waals surface area contributed by atoms with Crippen LogP contribution in [0.1, 0.15) is 32.4 Å². The van der Waals surface area contributed by atoms with Gasteiger partial charge in [0, 0.05) is 55.7 Å². The lowest BCUT2D eigenvalue weighted by molar-refractivity contribution is 0.0663. The second-order valence-corrected chi connectivity index (χ2v) is 8.74. The van der Waals surface area contributed by atoms with Crippen molar-refractivity contribution in [3.05, 3.63) is 63.9 Å². The quantitative estimate of drug-likeness (QED) is 0.587. The van der Waals surface area contributed by atoms with E-state index in [1.165, 1.54) is 0 Å². The number of rotatable bonds is 6. The molecule has 4 heterocycles. The molecule has 7 heteroatoms. The summed E-state index contributed by atoms with van der Waals surface area (Å²) in [4.78, 5) is 16.7. The van der Waals surface area contributed by atoms with Crippen LogP contribution >= 0.6 is 11.6 Å². The number of hydrogen-bond donors (Lipinski definition) is 0. The van der Waals surface area contributed by atoms with Crippen molar-refractivity contribution in [2.24, 2.45) is 11.8 Å². The summed E-state index contributed by atoms with van der Waals surface area (Å²) >= 11 is 6.58. The van der Waals surface area contributed by atoms with E-state index in [2.05, 4.69) is 23.9 Å². The molecular formula is C23H27ClN4O2. The predicted octanol–water partition coefficient (Wildman–Crippen LogP) is 4.37. The first kappa shape index (κ1) is 20.8. The van der Waals surface area contributed by atoms with E-state index >= 15 is 0 Å². The summed E-state index contributed by atoms with van der Waals surface area (Å²) in [7, 11) is 0. The van der Waals surface area contributed by atoms with Crippen molar-refractivity contribution in [3.8, 4) is 16.9 Å². The molecule has 1 aliphatic rings. The minimum Gasteiger partial charge on any atom is -0.381 e. The van der Waals surface area contributed by atoms with Gasteiger partial charge in [0.2, 0.25) is 0 Å². The lowest BCUT2D eigenvalue weighted by Gasteiger charge is -2.21. The van der Waals surface area contributed by atoms with Gasteiger partial charge in [0.25, 0.3) is 5.56 Å². The summed E-state index contributed by atoms with van der Waals surface area (Å²) in [6.45, 7) is 6.51. The van der Waals surface area contributed by atoms with Crippen LogP contribution in [-0.2, 0) is 17.7 Å². The Morgan fingerprint density at radius 2 is 2.03 bits per heavy atom. The SMILES string of the molecule is CC(C)Cn1cc(-n2ccc(-c3cnc(CC4CCOCC4)cc3Cl)n2)ccc1=O. The number of nitrogens with zero attached hydrogens (tertiary/aromatic N) is 4. The molecular weight excluding hydrogens is 400 g/mol. The maximum absolute atomic E-state index is 12.1. The van der Waals surface area contributed by atoms with Gasteiger partial charge in [-0.2, -0.15) is 5.10 Å². The number of ether oxygens (including phenoxy) is 1. The molecule has 1 fully saturated rings. The van der Waals surface area contributed by atoms with E-state index in [0.717, 1.165) is 55.1 Å². The molecule has 0 radical (unpaired) electrons. The van der Waals surface area contributed by atoms with Gasteiger partial charge in [0.05, 0.1) is 16.4 Å². The van der Waals surface area contributed by atoms with Gasteiger partial charge in [0.15, 0.2) is 0 Å². The Morgan fingerprint density at radius 3 is 2.77 bits per heavy atom. The fourth-order valence-electron chi connectivity index (χ4n) is 3.82. The smallest absolute Gasteiger partial charge is 0.250 e. The summed E-state index contributed by atoms with van der Waals surface area (Å²) in [6.07, 6.45) is 8.60. The van der Waals surface area contributed by atoms with Gasteiger partial charge >= 0.3 is 0 Å². The summed E-state index contributed by atoms with van der Waals surface area (Å²) in [5.41, 5.74) is 3.40. The van der Waals surface area contributed by atoms with Crippen LogP contribution in [0.25, 0.3) is 16.9 Å². The molecule has 1 saturated heterocycles. The Kier molecular flexibility index (Phi) is 6.35. The van der Waals surface area contributed by atoms with Crippen LogP contribution in [0.2, 0.25) is 5.02 Å². The molecule has 1 aliphatic heterocycles. The second-order valence-electron chi connectivity index (χ2n) is 8.33. The molecule has 4 rings (SSSR count). The molecule has 0 aliphatic carbocycles. The van der Waals surface area contributed by atoms with E-state index in [1.807, 2.05) is 30.7 Å². The zero-order chi connectivity index (χ0) is 21.1. The zero-order valence-electron chi connectivity index (χ0n) is 17.4. The van der Waals surface area contributed by atoms with Crippen molar-refractivity contribution >= 4 is 11.6 Å². The third kappa shape index (κ3) is 4.82. The molecule has 0 amide bonds. The number of pyridine rings is 2. The highest BCUT2D eigenvalue weighted by Gasteiger charge is 2.16. The average molecular weight is 427 g/mol. The Labute approximate surface area is 181 Å². The van der Waals surface area contributed by atoms with Crippen LogP contribution < -0.4 is 5.56 Å². The fourth-order valence-corrected chi connectivity index (χ4v) is 4.09. The molecule has 3 aromatic rings. The first-order valence-electron chi connectivity index (χ1n) is 10.5. The minimum absolute atomic E-state index is 0.00723. The van der Waals surface area contributed by atoms with Gasteiger partial charge in [0.1, 0.15) is 0 Å². The van der Waals surface area contributed by atoms with Crippen molar-refractivity contribution in [1.29, 1.82) is 0 Å². The summed E-state index contributed by atoms with van der Waals surface area (Å²) < 4.78 is 8.92. The first-order valence-corrected chi connectivity index (χ1v) is 10.9. The lowest BCUT2D eigenvalue weighted by Crippen LogP contribution is -2.21. The highest BCUT2D eigenvalue weighted by Crippen LogP contribution is 2.28. The first-order chi connectivity index (χ1) is 14.5. The third-order valence-corrected chi connectivity index (χ3v) is 5.72. The molecule has 0 aromatic carbocycles. The molecule has 0 unspecified atom stereocenters. The third-order valence-electron chi connectivity index (χ3n) is 5.41. The summed E-state index contributed by atoms with van der Waals surface area (Å²) in [5.74, 6) is 0.990. The van der Waals surface area contributed by atoms with E-state index in [9.17, 15) is 4.79 Å². The van der Waals surface area contributed by atoms with Crippen LogP contribution in [0.15, 0.2) is 47.7 Å². The topological polar surface area (TPSA) is 61.9 Å². The maximum atomic E-state index is 12.1. The Hall–Kier alpha value is -2.44. The highest BCUT2D eigenvalue weighted by atomic mass is 35.5. The van der Waals surface area contributed by atoms with Crippen molar-refractivity contribution in [3.63, 3.8) is 0 Å². The molecule has 0 spiro atoms. The highest BCUT2D eigenvalue weighted by molar-refractivity contribution is 6.33. The van der Waals surface area contributed by atoms with Gasteiger partial charge < -0.3 is 9.30 Å². The van der Waals surface area contributed by atoms with E-state index in [-0.39, 0.29) is 5.56 Å². The molecule has 0 saturated carbocycles. The van der Waals surface area contributed by atoms with Crippen LogP contribution in [-0.4, -0.2) is 32.5 Å². The Morgan fingerprint density at radius 1 is 1.23 bits per heavy atom. The average Bonchev–Trinajstić information content (AvgIpc) is 3.20. The van der Waals surface area contributed by atoms with Gasteiger partial charge in [-0.1, -0.05) is 25.4 Å². The normalized spacial score (nSPS) is 15.1. The van der Waals surface area contributed by atoms with E-state index in [1.54, 1.807) is 21.4 Å². The summed E-state index contributed by atoms with van der Waals surface area (Å²) in [5, 5.41) is 5.32. The van der Waals surface area contributed by atoms with E-state index in [4.69, 9.17) is 16.3 Å².